The first-order chi connectivity index (χ1) is 8.99. The molecule has 1 amide bonds. The second-order valence-electron chi connectivity index (χ2n) is 4.05. The van der Waals surface area contributed by atoms with E-state index in [1.54, 1.807) is 19.1 Å². The Morgan fingerprint density at radius 3 is 2.74 bits per heavy atom. The number of hydrogen-bond donors (Lipinski definition) is 2. The number of hydrogen-bond acceptors (Lipinski definition) is 2. The van der Waals surface area contributed by atoms with Crippen LogP contribution in [0.25, 0.3) is 0 Å². The molecule has 0 saturated heterocycles. The number of anilines is 1. The number of carbonyl (C=O) groups is 1. The standard InChI is InChI=1S/C14H11FINO2/c1-8-3-2-4-10(13(8)18)14(19)17-12-6-5-9(15)7-11(12)16/h2-7,18H,1H3,(H,17,19). The number of phenolic OH excluding ortho intramolecular Hbond substituents is 1. The van der Waals surface area contributed by atoms with Crippen LogP contribution in [-0.4, -0.2) is 11.0 Å². The van der Waals surface area contributed by atoms with E-state index >= 15 is 0 Å². The van der Waals surface area contributed by atoms with Crippen molar-refractivity contribution in [2.45, 2.75) is 6.92 Å². The Morgan fingerprint density at radius 2 is 2.05 bits per heavy atom. The summed E-state index contributed by atoms with van der Waals surface area (Å²) < 4.78 is 13.6. The summed E-state index contributed by atoms with van der Waals surface area (Å²) in [6.07, 6.45) is 0. The van der Waals surface area contributed by atoms with E-state index in [-0.39, 0.29) is 17.1 Å². The van der Waals surface area contributed by atoms with Crippen LogP contribution < -0.4 is 5.32 Å². The Bertz CT molecular complexity index is 643. The zero-order valence-electron chi connectivity index (χ0n) is 10.1. The minimum atomic E-state index is -0.425. The van der Waals surface area contributed by atoms with E-state index in [1.807, 2.05) is 22.6 Å². The first-order valence-corrected chi connectivity index (χ1v) is 6.62. The fraction of sp³-hybridized carbons (Fsp3) is 0.0714. The van der Waals surface area contributed by atoms with Gasteiger partial charge in [0.1, 0.15) is 11.6 Å². The molecule has 0 aromatic heterocycles. The summed E-state index contributed by atoms with van der Waals surface area (Å²) in [5.74, 6) is -0.830. The molecular weight excluding hydrogens is 360 g/mol. The maximum atomic E-state index is 13.0. The zero-order chi connectivity index (χ0) is 14.0. The molecule has 0 atom stereocenters. The van der Waals surface area contributed by atoms with Gasteiger partial charge in [-0.05, 0) is 59.3 Å². The molecule has 2 aromatic rings. The van der Waals surface area contributed by atoms with Crippen LogP contribution in [0.5, 0.6) is 5.75 Å². The molecule has 0 heterocycles. The van der Waals surface area contributed by atoms with Crippen molar-refractivity contribution in [2.75, 3.05) is 5.32 Å². The van der Waals surface area contributed by atoms with Gasteiger partial charge in [0.15, 0.2) is 0 Å². The van der Waals surface area contributed by atoms with Gasteiger partial charge in [-0.3, -0.25) is 4.79 Å². The van der Waals surface area contributed by atoms with Crippen molar-refractivity contribution in [1.29, 1.82) is 0 Å². The van der Waals surface area contributed by atoms with E-state index in [2.05, 4.69) is 5.32 Å². The minimum Gasteiger partial charge on any atom is -0.507 e. The lowest BCUT2D eigenvalue weighted by molar-refractivity contribution is 0.102. The van der Waals surface area contributed by atoms with Crippen LogP contribution in [0.15, 0.2) is 36.4 Å². The van der Waals surface area contributed by atoms with Crippen LogP contribution in [0, 0.1) is 16.3 Å². The van der Waals surface area contributed by atoms with Crippen LogP contribution in [0.4, 0.5) is 10.1 Å². The van der Waals surface area contributed by atoms with Crippen LogP contribution in [-0.2, 0) is 0 Å². The second-order valence-corrected chi connectivity index (χ2v) is 5.21. The number of para-hydroxylation sites is 1. The van der Waals surface area contributed by atoms with Gasteiger partial charge < -0.3 is 10.4 Å². The number of amides is 1. The van der Waals surface area contributed by atoms with E-state index in [1.165, 1.54) is 24.3 Å². The molecular formula is C14H11FINO2. The third-order valence-electron chi connectivity index (χ3n) is 2.66. The molecule has 98 valence electrons. The van der Waals surface area contributed by atoms with Gasteiger partial charge in [0.25, 0.3) is 5.91 Å². The molecule has 2 aromatic carbocycles. The average Bonchev–Trinajstić information content (AvgIpc) is 2.36. The van der Waals surface area contributed by atoms with Gasteiger partial charge in [-0.2, -0.15) is 0 Å². The SMILES string of the molecule is Cc1cccc(C(=O)Nc2ccc(F)cc2I)c1O. The van der Waals surface area contributed by atoms with Crippen molar-refractivity contribution < 1.29 is 14.3 Å². The summed E-state index contributed by atoms with van der Waals surface area (Å²) >= 11 is 1.94. The molecule has 0 unspecified atom stereocenters. The smallest absolute Gasteiger partial charge is 0.259 e. The van der Waals surface area contributed by atoms with Crippen LogP contribution in [0.2, 0.25) is 0 Å². The molecule has 0 aliphatic heterocycles. The zero-order valence-corrected chi connectivity index (χ0v) is 12.2. The van der Waals surface area contributed by atoms with Crippen molar-refractivity contribution in [3.63, 3.8) is 0 Å². The number of halogens is 2. The van der Waals surface area contributed by atoms with Crippen LogP contribution in [0.3, 0.4) is 0 Å². The Kier molecular flexibility index (Phi) is 4.04. The normalized spacial score (nSPS) is 10.3. The summed E-state index contributed by atoms with van der Waals surface area (Å²) in [6.45, 7) is 1.72. The summed E-state index contributed by atoms with van der Waals surface area (Å²) in [5.41, 5.74) is 1.33. The summed E-state index contributed by atoms with van der Waals surface area (Å²) in [5, 5.41) is 12.5. The van der Waals surface area contributed by atoms with Crippen LogP contribution >= 0.6 is 22.6 Å². The highest BCUT2D eigenvalue weighted by atomic mass is 127. The largest absolute Gasteiger partial charge is 0.507 e. The van der Waals surface area contributed by atoms with E-state index in [0.29, 0.717) is 14.8 Å². The third-order valence-corrected chi connectivity index (χ3v) is 3.55. The number of rotatable bonds is 2. The lowest BCUT2D eigenvalue weighted by Crippen LogP contribution is -2.13. The number of phenols is 1. The Labute approximate surface area is 123 Å². The van der Waals surface area contributed by atoms with Gasteiger partial charge in [-0.25, -0.2) is 4.39 Å². The minimum absolute atomic E-state index is 0.0443. The topological polar surface area (TPSA) is 49.3 Å². The van der Waals surface area contributed by atoms with Crippen molar-refractivity contribution in [3.8, 4) is 5.75 Å². The average molecular weight is 371 g/mol. The Morgan fingerprint density at radius 1 is 1.32 bits per heavy atom. The molecule has 0 fully saturated rings. The van der Waals surface area contributed by atoms with Gasteiger partial charge in [-0.1, -0.05) is 12.1 Å². The molecule has 3 nitrogen and oxygen atoms in total. The predicted molar refractivity (Wildman–Crippen MR) is 79.9 cm³/mol. The van der Waals surface area contributed by atoms with Crippen molar-refractivity contribution in [3.05, 3.63) is 56.9 Å². The lowest BCUT2D eigenvalue weighted by atomic mass is 10.1. The van der Waals surface area contributed by atoms with Crippen molar-refractivity contribution in [1.82, 2.24) is 0 Å². The summed E-state index contributed by atoms with van der Waals surface area (Å²) in [4.78, 5) is 12.1. The summed E-state index contributed by atoms with van der Waals surface area (Å²) in [6, 6.07) is 9.03. The highest BCUT2D eigenvalue weighted by Crippen LogP contribution is 2.24. The van der Waals surface area contributed by atoms with E-state index in [9.17, 15) is 14.3 Å². The highest BCUT2D eigenvalue weighted by molar-refractivity contribution is 14.1. The summed E-state index contributed by atoms with van der Waals surface area (Å²) in [7, 11) is 0. The number of aromatic hydroxyl groups is 1. The van der Waals surface area contributed by atoms with Gasteiger partial charge in [0.05, 0.1) is 11.3 Å². The second kappa shape index (κ2) is 5.56. The quantitative estimate of drug-likeness (QED) is 0.792. The first-order valence-electron chi connectivity index (χ1n) is 5.54. The molecule has 19 heavy (non-hydrogen) atoms. The lowest BCUT2D eigenvalue weighted by Gasteiger charge is -2.09. The van der Waals surface area contributed by atoms with Gasteiger partial charge >= 0.3 is 0 Å². The third kappa shape index (κ3) is 3.04. The number of nitrogens with one attached hydrogen (secondary N) is 1. The fourth-order valence-corrected chi connectivity index (χ4v) is 2.23. The van der Waals surface area contributed by atoms with Gasteiger partial charge in [0.2, 0.25) is 0 Å². The van der Waals surface area contributed by atoms with Gasteiger partial charge in [0, 0.05) is 3.57 Å². The molecule has 0 spiro atoms. The van der Waals surface area contributed by atoms with Crippen LogP contribution in [0.1, 0.15) is 15.9 Å². The molecule has 2 N–H and O–H groups in total. The number of carbonyl (C=O) groups excluding carboxylic acids is 1. The van der Waals surface area contributed by atoms with Crippen molar-refractivity contribution >= 4 is 34.2 Å². The molecule has 2 rings (SSSR count). The molecule has 0 aliphatic carbocycles. The maximum Gasteiger partial charge on any atom is 0.259 e. The van der Waals surface area contributed by atoms with E-state index in [0.717, 1.165) is 0 Å². The molecule has 0 saturated carbocycles. The Hall–Kier alpha value is -1.63. The Balaban J connectivity index is 2.28. The first kappa shape index (κ1) is 13.8. The maximum absolute atomic E-state index is 13.0. The number of benzene rings is 2. The molecule has 0 aliphatic rings. The monoisotopic (exact) mass is 371 g/mol. The molecule has 0 radical (unpaired) electrons. The fourth-order valence-electron chi connectivity index (χ4n) is 1.62. The predicted octanol–water partition coefficient (Wildman–Crippen LogP) is 3.70. The van der Waals surface area contributed by atoms with Crippen molar-refractivity contribution in [2.24, 2.45) is 0 Å². The van der Waals surface area contributed by atoms with Gasteiger partial charge in [-0.15, -0.1) is 0 Å². The molecule has 5 heteroatoms. The number of aryl methyl sites for hydroxylation is 1. The van der Waals surface area contributed by atoms with E-state index in [4.69, 9.17) is 0 Å². The van der Waals surface area contributed by atoms with E-state index < -0.39 is 5.91 Å². The molecule has 0 bridgehead atoms. The highest BCUT2D eigenvalue weighted by Gasteiger charge is 2.13.